The largest absolute Gasteiger partial charge is 0.322 e. The summed E-state index contributed by atoms with van der Waals surface area (Å²) < 4.78 is 0. The van der Waals surface area contributed by atoms with Crippen LogP contribution in [0.25, 0.3) is 11.3 Å². The van der Waals surface area contributed by atoms with Gasteiger partial charge in [0, 0.05) is 11.4 Å². The van der Waals surface area contributed by atoms with Crippen molar-refractivity contribution in [2.45, 2.75) is 20.8 Å². The van der Waals surface area contributed by atoms with Crippen LogP contribution in [0.4, 0.5) is 5.69 Å². The highest BCUT2D eigenvalue weighted by Gasteiger charge is 2.12. The first-order valence-electron chi connectivity index (χ1n) is 8.13. The standard InChI is InChI=1S/C21H20N2O2/c1-13-4-7-16(8-5-13)19-11-10-18(21(25)23-19)20(24)22-17-9-6-14(2)15(3)12-17/h4-12H,1-3H3,(H,22,24)(H,23,25). The maximum Gasteiger partial charge on any atom is 0.261 e. The molecule has 0 unspecified atom stereocenters. The molecule has 0 atom stereocenters. The molecule has 0 aliphatic rings. The molecule has 4 heteroatoms. The number of amides is 1. The Labute approximate surface area is 146 Å². The van der Waals surface area contributed by atoms with Crippen LogP contribution >= 0.6 is 0 Å². The Balaban J connectivity index is 1.85. The zero-order valence-corrected chi connectivity index (χ0v) is 14.5. The number of H-pyrrole nitrogens is 1. The highest BCUT2D eigenvalue weighted by atomic mass is 16.2. The van der Waals surface area contributed by atoms with Gasteiger partial charge in [0.2, 0.25) is 0 Å². The normalized spacial score (nSPS) is 10.5. The Morgan fingerprint density at radius 2 is 1.60 bits per heavy atom. The monoisotopic (exact) mass is 332 g/mol. The lowest BCUT2D eigenvalue weighted by molar-refractivity contribution is 0.102. The summed E-state index contributed by atoms with van der Waals surface area (Å²) in [6.07, 6.45) is 0. The number of carbonyl (C=O) groups is 1. The lowest BCUT2D eigenvalue weighted by Crippen LogP contribution is -2.23. The van der Waals surface area contributed by atoms with Crippen molar-refractivity contribution < 1.29 is 4.79 Å². The summed E-state index contributed by atoms with van der Waals surface area (Å²) in [7, 11) is 0. The molecular formula is C21H20N2O2. The molecule has 0 saturated carbocycles. The van der Waals surface area contributed by atoms with E-state index in [0.29, 0.717) is 11.4 Å². The summed E-state index contributed by atoms with van der Waals surface area (Å²) in [6, 6.07) is 16.8. The van der Waals surface area contributed by atoms with Crippen LogP contribution in [0.3, 0.4) is 0 Å². The number of aryl methyl sites for hydroxylation is 3. The fraction of sp³-hybridized carbons (Fsp3) is 0.143. The summed E-state index contributed by atoms with van der Waals surface area (Å²) in [6.45, 7) is 6.00. The summed E-state index contributed by atoms with van der Waals surface area (Å²) in [5, 5.41) is 2.77. The second-order valence-electron chi connectivity index (χ2n) is 6.23. The van der Waals surface area contributed by atoms with E-state index in [1.165, 1.54) is 0 Å². The lowest BCUT2D eigenvalue weighted by atomic mass is 10.1. The Kier molecular flexibility index (Phi) is 4.52. The van der Waals surface area contributed by atoms with Gasteiger partial charge >= 0.3 is 0 Å². The molecule has 0 aliphatic carbocycles. The van der Waals surface area contributed by atoms with Crippen LogP contribution in [0, 0.1) is 20.8 Å². The van der Waals surface area contributed by atoms with E-state index < -0.39 is 11.5 Å². The zero-order valence-electron chi connectivity index (χ0n) is 14.5. The molecule has 0 spiro atoms. The van der Waals surface area contributed by atoms with Gasteiger partial charge in [-0.25, -0.2) is 0 Å². The number of aromatic amines is 1. The predicted molar refractivity (Wildman–Crippen MR) is 101 cm³/mol. The van der Waals surface area contributed by atoms with Crippen molar-refractivity contribution in [2.75, 3.05) is 5.32 Å². The molecule has 1 amide bonds. The molecule has 0 aliphatic heterocycles. The lowest BCUT2D eigenvalue weighted by Gasteiger charge is -2.08. The van der Waals surface area contributed by atoms with Gasteiger partial charge < -0.3 is 10.3 Å². The molecule has 1 heterocycles. The van der Waals surface area contributed by atoms with Gasteiger partial charge in [0.25, 0.3) is 11.5 Å². The number of benzene rings is 2. The van der Waals surface area contributed by atoms with Crippen LogP contribution < -0.4 is 10.9 Å². The zero-order chi connectivity index (χ0) is 18.0. The summed E-state index contributed by atoms with van der Waals surface area (Å²) in [4.78, 5) is 27.5. The average Bonchev–Trinajstić information content (AvgIpc) is 2.58. The van der Waals surface area contributed by atoms with Gasteiger partial charge in [0.15, 0.2) is 0 Å². The second kappa shape index (κ2) is 6.77. The van der Waals surface area contributed by atoms with Crippen molar-refractivity contribution in [1.29, 1.82) is 0 Å². The molecule has 0 fully saturated rings. The minimum Gasteiger partial charge on any atom is -0.322 e. The van der Waals surface area contributed by atoms with Gasteiger partial charge in [-0.3, -0.25) is 9.59 Å². The highest BCUT2D eigenvalue weighted by molar-refractivity contribution is 6.04. The number of anilines is 1. The molecule has 1 aromatic heterocycles. The number of rotatable bonds is 3. The van der Waals surface area contributed by atoms with Crippen LogP contribution in [0.1, 0.15) is 27.0 Å². The van der Waals surface area contributed by atoms with Crippen LogP contribution in [0.2, 0.25) is 0 Å². The number of hydrogen-bond donors (Lipinski definition) is 2. The molecule has 2 aromatic carbocycles. The molecule has 3 aromatic rings. The molecule has 3 rings (SSSR count). The second-order valence-corrected chi connectivity index (χ2v) is 6.23. The molecule has 0 radical (unpaired) electrons. The number of aromatic nitrogens is 1. The van der Waals surface area contributed by atoms with Crippen LogP contribution in [-0.2, 0) is 0 Å². The molecular weight excluding hydrogens is 312 g/mol. The van der Waals surface area contributed by atoms with Gasteiger partial charge in [-0.15, -0.1) is 0 Å². The van der Waals surface area contributed by atoms with E-state index >= 15 is 0 Å². The molecule has 126 valence electrons. The number of nitrogens with one attached hydrogen (secondary N) is 2. The van der Waals surface area contributed by atoms with Crippen molar-refractivity contribution in [3.8, 4) is 11.3 Å². The van der Waals surface area contributed by atoms with Crippen LogP contribution in [0.15, 0.2) is 59.4 Å². The molecule has 4 nitrogen and oxygen atoms in total. The van der Waals surface area contributed by atoms with E-state index in [0.717, 1.165) is 22.3 Å². The van der Waals surface area contributed by atoms with E-state index in [1.54, 1.807) is 12.1 Å². The Hall–Kier alpha value is -3.14. The minimum absolute atomic E-state index is 0.0917. The maximum absolute atomic E-state index is 12.4. The SMILES string of the molecule is Cc1ccc(-c2ccc(C(=O)Nc3ccc(C)c(C)c3)c(=O)[nH]2)cc1. The number of hydrogen-bond acceptors (Lipinski definition) is 2. The number of pyridine rings is 1. The molecule has 2 N–H and O–H groups in total. The third-order valence-electron chi connectivity index (χ3n) is 4.28. The van der Waals surface area contributed by atoms with Crippen LogP contribution in [-0.4, -0.2) is 10.9 Å². The topological polar surface area (TPSA) is 62.0 Å². The van der Waals surface area contributed by atoms with Gasteiger partial charge in [-0.1, -0.05) is 35.9 Å². The smallest absolute Gasteiger partial charge is 0.261 e. The van der Waals surface area contributed by atoms with E-state index in [1.807, 2.05) is 63.2 Å². The van der Waals surface area contributed by atoms with Gasteiger partial charge in [-0.05, 0) is 61.7 Å². The van der Waals surface area contributed by atoms with Crippen molar-refractivity contribution in [1.82, 2.24) is 4.98 Å². The maximum atomic E-state index is 12.4. The number of carbonyl (C=O) groups excluding carboxylic acids is 1. The predicted octanol–water partition coefficient (Wildman–Crippen LogP) is 4.22. The Morgan fingerprint density at radius 1 is 0.880 bits per heavy atom. The average molecular weight is 332 g/mol. The van der Waals surface area contributed by atoms with Crippen molar-refractivity contribution >= 4 is 11.6 Å². The van der Waals surface area contributed by atoms with E-state index in [4.69, 9.17) is 0 Å². The first-order valence-corrected chi connectivity index (χ1v) is 8.13. The third kappa shape index (κ3) is 3.69. The van der Waals surface area contributed by atoms with Crippen molar-refractivity contribution in [3.63, 3.8) is 0 Å². The summed E-state index contributed by atoms with van der Waals surface area (Å²) >= 11 is 0. The van der Waals surface area contributed by atoms with Crippen molar-refractivity contribution in [2.24, 2.45) is 0 Å². The Bertz CT molecular complexity index is 986. The molecule has 25 heavy (non-hydrogen) atoms. The molecule has 0 bridgehead atoms. The first-order chi connectivity index (χ1) is 11.9. The minimum atomic E-state index is -0.417. The van der Waals surface area contributed by atoms with E-state index in [9.17, 15) is 9.59 Å². The fourth-order valence-corrected chi connectivity index (χ4v) is 2.57. The summed E-state index contributed by atoms with van der Waals surface area (Å²) in [5.41, 5.74) is 5.34. The van der Waals surface area contributed by atoms with Gasteiger partial charge in [-0.2, -0.15) is 0 Å². The first kappa shape index (κ1) is 16.7. The highest BCUT2D eigenvalue weighted by Crippen LogP contribution is 2.17. The third-order valence-corrected chi connectivity index (χ3v) is 4.28. The van der Waals surface area contributed by atoms with Crippen molar-refractivity contribution in [3.05, 3.63) is 87.2 Å². The Morgan fingerprint density at radius 3 is 2.24 bits per heavy atom. The summed E-state index contributed by atoms with van der Waals surface area (Å²) in [5.74, 6) is -0.417. The van der Waals surface area contributed by atoms with Crippen LogP contribution in [0.5, 0.6) is 0 Å². The molecule has 0 saturated heterocycles. The fourth-order valence-electron chi connectivity index (χ4n) is 2.57. The van der Waals surface area contributed by atoms with Gasteiger partial charge in [0.1, 0.15) is 5.56 Å². The quantitative estimate of drug-likeness (QED) is 0.754. The van der Waals surface area contributed by atoms with Gasteiger partial charge in [0.05, 0.1) is 0 Å². The van der Waals surface area contributed by atoms with E-state index in [-0.39, 0.29) is 5.56 Å². The van der Waals surface area contributed by atoms with E-state index in [2.05, 4.69) is 10.3 Å².